The number of anilines is 2. The normalized spacial score (nSPS) is 15.9. The van der Waals surface area contributed by atoms with Gasteiger partial charge in [0.1, 0.15) is 12.4 Å². The number of nitrogens with zero attached hydrogens (tertiary/aromatic N) is 3. The number of benzene rings is 3. The maximum Gasteiger partial charge on any atom is 0.244 e. The molecule has 166 valence electrons. The molecule has 0 aliphatic carbocycles. The number of rotatable bonds is 5. The van der Waals surface area contributed by atoms with Crippen molar-refractivity contribution in [1.29, 1.82) is 0 Å². The number of carbonyl (C=O) groups is 2. The molecule has 0 saturated carbocycles. The van der Waals surface area contributed by atoms with Crippen LogP contribution in [0.15, 0.2) is 72.8 Å². The lowest BCUT2D eigenvalue weighted by molar-refractivity contribution is -0.117. The van der Waals surface area contributed by atoms with Crippen LogP contribution in [0.25, 0.3) is 11.0 Å². The Balaban J connectivity index is 1.46. The number of aryl methyl sites for hydroxylation is 2. The van der Waals surface area contributed by atoms with Crippen molar-refractivity contribution in [2.45, 2.75) is 32.7 Å². The van der Waals surface area contributed by atoms with E-state index in [0.717, 1.165) is 39.4 Å². The van der Waals surface area contributed by atoms with Gasteiger partial charge in [0.25, 0.3) is 0 Å². The average Bonchev–Trinajstić information content (AvgIpc) is 3.36. The van der Waals surface area contributed by atoms with Crippen molar-refractivity contribution in [3.05, 3.63) is 89.7 Å². The number of amides is 2. The molecule has 1 N–H and O–H groups in total. The van der Waals surface area contributed by atoms with E-state index < -0.39 is 0 Å². The van der Waals surface area contributed by atoms with Crippen LogP contribution in [0.3, 0.4) is 0 Å². The summed E-state index contributed by atoms with van der Waals surface area (Å²) in [4.78, 5) is 32.7. The lowest BCUT2D eigenvalue weighted by atomic mass is 10.1. The zero-order chi connectivity index (χ0) is 22.9. The molecule has 2 amide bonds. The Morgan fingerprint density at radius 2 is 1.67 bits per heavy atom. The van der Waals surface area contributed by atoms with E-state index in [9.17, 15) is 9.59 Å². The summed E-state index contributed by atoms with van der Waals surface area (Å²) in [5, 5.41) is 3.02. The summed E-state index contributed by atoms with van der Waals surface area (Å²) in [5.41, 5.74) is 5.54. The zero-order valence-electron chi connectivity index (χ0n) is 18.8. The minimum Gasteiger partial charge on any atom is -0.324 e. The summed E-state index contributed by atoms with van der Waals surface area (Å²) in [7, 11) is 0. The molecular formula is C27H26N4O2. The van der Waals surface area contributed by atoms with E-state index in [1.165, 1.54) is 0 Å². The Kier molecular flexibility index (Phi) is 5.42. The summed E-state index contributed by atoms with van der Waals surface area (Å²) < 4.78 is 1.96. The van der Waals surface area contributed by atoms with Crippen LogP contribution in [-0.2, 0) is 16.1 Å². The number of aromatic nitrogens is 2. The number of hydrogen-bond donors (Lipinski definition) is 1. The van der Waals surface area contributed by atoms with Crippen LogP contribution in [0.5, 0.6) is 0 Å². The topological polar surface area (TPSA) is 67.2 Å². The fraction of sp³-hybridized carbons (Fsp3) is 0.222. The van der Waals surface area contributed by atoms with Crippen LogP contribution in [0, 0.1) is 13.8 Å². The van der Waals surface area contributed by atoms with Gasteiger partial charge in [-0.3, -0.25) is 9.59 Å². The quantitative estimate of drug-likeness (QED) is 0.486. The second kappa shape index (κ2) is 8.54. The summed E-state index contributed by atoms with van der Waals surface area (Å²) in [5.74, 6) is 0.655. The highest BCUT2D eigenvalue weighted by molar-refractivity contribution is 5.97. The molecule has 2 heterocycles. The van der Waals surface area contributed by atoms with Gasteiger partial charge in [0.2, 0.25) is 11.8 Å². The van der Waals surface area contributed by atoms with Gasteiger partial charge in [0.15, 0.2) is 0 Å². The monoisotopic (exact) mass is 438 g/mol. The first kappa shape index (κ1) is 20.9. The highest BCUT2D eigenvalue weighted by atomic mass is 16.2. The average molecular weight is 439 g/mol. The van der Waals surface area contributed by atoms with Crippen LogP contribution in [-0.4, -0.2) is 27.9 Å². The van der Waals surface area contributed by atoms with Gasteiger partial charge in [-0.05, 0) is 49.2 Å². The van der Waals surface area contributed by atoms with Gasteiger partial charge in [-0.2, -0.15) is 0 Å². The van der Waals surface area contributed by atoms with E-state index >= 15 is 0 Å². The first-order chi connectivity index (χ1) is 16.0. The fourth-order valence-corrected chi connectivity index (χ4v) is 4.60. The third kappa shape index (κ3) is 4.00. The van der Waals surface area contributed by atoms with Gasteiger partial charge in [0.05, 0.1) is 11.0 Å². The summed E-state index contributed by atoms with van der Waals surface area (Å²) >= 11 is 0. The van der Waals surface area contributed by atoms with E-state index in [0.29, 0.717) is 13.0 Å². The van der Waals surface area contributed by atoms with E-state index in [1.807, 2.05) is 96.1 Å². The Morgan fingerprint density at radius 3 is 2.45 bits per heavy atom. The molecule has 0 spiro atoms. The third-order valence-corrected chi connectivity index (χ3v) is 6.30. The molecule has 1 saturated heterocycles. The van der Waals surface area contributed by atoms with E-state index in [2.05, 4.69) is 5.32 Å². The van der Waals surface area contributed by atoms with Gasteiger partial charge in [0, 0.05) is 30.3 Å². The van der Waals surface area contributed by atoms with Crippen molar-refractivity contribution in [3.8, 4) is 0 Å². The second-order valence-electron chi connectivity index (χ2n) is 8.60. The predicted octanol–water partition coefficient (Wildman–Crippen LogP) is 4.81. The number of carbonyl (C=O) groups excluding carboxylic acids is 2. The van der Waals surface area contributed by atoms with Gasteiger partial charge in [-0.15, -0.1) is 0 Å². The van der Waals surface area contributed by atoms with Gasteiger partial charge >= 0.3 is 0 Å². The molecule has 6 nitrogen and oxygen atoms in total. The van der Waals surface area contributed by atoms with Crippen LogP contribution < -0.4 is 10.2 Å². The number of fused-ring (bicyclic) bond motifs is 1. The molecule has 0 radical (unpaired) electrons. The molecule has 1 atom stereocenters. The summed E-state index contributed by atoms with van der Waals surface area (Å²) in [6.45, 7) is 4.67. The van der Waals surface area contributed by atoms with Gasteiger partial charge in [-0.1, -0.05) is 48.5 Å². The minimum atomic E-state index is -0.117. The van der Waals surface area contributed by atoms with Crippen LogP contribution in [0.4, 0.5) is 11.4 Å². The fourth-order valence-electron chi connectivity index (χ4n) is 4.60. The third-order valence-electron chi connectivity index (χ3n) is 6.30. The van der Waals surface area contributed by atoms with Gasteiger partial charge < -0.3 is 14.8 Å². The largest absolute Gasteiger partial charge is 0.324 e. The molecule has 5 rings (SSSR count). The molecule has 4 aromatic rings. The van der Waals surface area contributed by atoms with Gasteiger partial charge in [-0.25, -0.2) is 4.98 Å². The van der Waals surface area contributed by atoms with E-state index in [-0.39, 0.29) is 24.3 Å². The van der Waals surface area contributed by atoms with Crippen molar-refractivity contribution >= 4 is 34.2 Å². The number of hydrogen-bond acceptors (Lipinski definition) is 3. The van der Waals surface area contributed by atoms with Crippen LogP contribution in [0.2, 0.25) is 0 Å². The molecule has 1 aliphatic heterocycles. The highest BCUT2D eigenvalue weighted by Gasteiger charge is 2.35. The smallest absolute Gasteiger partial charge is 0.244 e. The molecule has 0 unspecified atom stereocenters. The predicted molar refractivity (Wildman–Crippen MR) is 130 cm³/mol. The van der Waals surface area contributed by atoms with Crippen molar-refractivity contribution < 1.29 is 9.59 Å². The van der Waals surface area contributed by atoms with Crippen molar-refractivity contribution in [1.82, 2.24) is 9.55 Å². The maximum absolute atomic E-state index is 13.0. The number of imidazole rings is 1. The molecule has 1 aliphatic rings. The summed E-state index contributed by atoms with van der Waals surface area (Å²) in [6, 6.07) is 23.5. The number of para-hydroxylation sites is 4. The molecule has 0 bridgehead atoms. The first-order valence-corrected chi connectivity index (χ1v) is 11.2. The lowest BCUT2D eigenvalue weighted by Gasteiger charge is -2.19. The van der Waals surface area contributed by atoms with Crippen molar-refractivity contribution in [2.75, 3.05) is 16.8 Å². The molecule has 6 heteroatoms. The first-order valence-electron chi connectivity index (χ1n) is 11.2. The van der Waals surface area contributed by atoms with Crippen molar-refractivity contribution in [3.63, 3.8) is 0 Å². The lowest BCUT2D eigenvalue weighted by Crippen LogP contribution is -2.26. The number of nitrogens with one attached hydrogen (secondary N) is 1. The molecule has 3 aromatic carbocycles. The maximum atomic E-state index is 13.0. The summed E-state index contributed by atoms with van der Waals surface area (Å²) in [6.07, 6.45) is 0.372. The SMILES string of the molecule is Cc1ccccc1NC(=O)Cn1c([C@@H]2CC(=O)N(c3ccccc3C)C2)nc2ccccc21. The molecule has 1 fully saturated rings. The van der Waals surface area contributed by atoms with Crippen molar-refractivity contribution in [2.24, 2.45) is 0 Å². The Bertz CT molecular complexity index is 1360. The van der Waals surface area contributed by atoms with E-state index in [4.69, 9.17) is 4.98 Å². The zero-order valence-corrected chi connectivity index (χ0v) is 18.8. The Hall–Kier alpha value is -3.93. The van der Waals surface area contributed by atoms with Crippen LogP contribution >= 0.6 is 0 Å². The molecular weight excluding hydrogens is 412 g/mol. The second-order valence-corrected chi connectivity index (χ2v) is 8.60. The van der Waals surface area contributed by atoms with Crippen LogP contribution in [0.1, 0.15) is 29.3 Å². The molecule has 1 aromatic heterocycles. The Labute approximate surface area is 192 Å². The highest BCUT2D eigenvalue weighted by Crippen LogP contribution is 2.34. The van der Waals surface area contributed by atoms with E-state index in [1.54, 1.807) is 0 Å². The molecule has 33 heavy (non-hydrogen) atoms. The standard InChI is InChI=1S/C27H26N4O2/c1-18-9-3-5-11-21(18)28-25(32)17-31-24-14-8-6-12-22(24)29-27(31)20-15-26(33)30(16-20)23-13-7-4-10-19(23)2/h3-14,20H,15-17H2,1-2H3,(H,28,32)/t20-/m1/s1. The Morgan fingerprint density at radius 1 is 0.970 bits per heavy atom. The minimum absolute atomic E-state index is 0.0808.